The molecule has 2 amide bonds. The van der Waals surface area contributed by atoms with E-state index >= 15 is 0 Å². The molecular weight excluding hydrogens is 281 g/mol. The monoisotopic (exact) mass is 300 g/mol. The van der Waals surface area contributed by atoms with Gasteiger partial charge in [0, 0.05) is 13.6 Å². The zero-order valence-electron chi connectivity index (χ0n) is 11.6. The highest BCUT2D eigenvalue weighted by Gasteiger charge is 2.34. The lowest BCUT2D eigenvalue weighted by atomic mass is 10.4. The summed E-state index contributed by atoms with van der Waals surface area (Å²) in [6, 6.07) is -1.00. The van der Waals surface area contributed by atoms with Crippen molar-refractivity contribution in [2.75, 3.05) is 33.3 Å². The Morgan fingerprint density at radius 1 is 1.30 bits per heavy atom. The van der Waals surface area contributed by atoms with Gasteiger partial charge in [0.05, 0.1) is 12.7 Å². The molecule has 1 N–H and O–H groups in total. The second-order valence-electron chi connectivity index (χ2n) is 4.49. The number of carbonyl (C=O) groups is 2. The number of alkyl halides is 3. The molecule has 0 aromatic rings. The van der Waals surface area contributed by atoms with Crippen LogP contribution in [0.2, 0.25) is 0 Å². The highest BCUT2D eigenvalue weighted by atomic mass is 19.4. The fraction of sp³-hybridized carbons (Fsp3) is 0.818. The summed E-state index contributed by atoms with van der Waals surface area (Å²) < 4.78 is 42.1. The van der Waals surface area contributed by atoms with Crippen molar-refractivity contribution in [1.29, 1.82) is 0 Å². The first-order valence-electron chi connectivity index (χ1n) is 5.93. The molecule has 6 nitrogen and oxygen atoms in total. The summed E-state index contributed by atoms with van der Waals surface area (Å²) in [6.07, 6.45) is -4.72. The zero-order chi connectivity index (χ0) is 15.9. The number of amides is 2. The van der Waals surface area contributed by atoms with Crippen molar-refractivity contribution in [2.45, 2.75) is 26.1 Å². The lowest BCUT2D eigenvalue weighted by Crippen LogP contribution is -2.48. The van der Waals surface area contributed by atoms with Crippen LogP contribution in [0.25, 0.3) is 0 Å². The second-order valence-corrected chi connectivity index (χ2v) is 4.49. The van der Waals surface area contributed by atoms with Crippen molar-refractivity contribution in [1.82, 2.24) is 9.80 Å². The van der Waals surface area contributed by atoms with Crippen LogP contribution in [0.4, 0.5) is 18.0 Å². The minimum atomic E-state index is -4.65. The van der Waals surface area contributed by atoms with Gasteiger partial charge in [0.15, 0.2) is 0 Å². The van der Waals surface area contributed by atoms with Crippen LogP contribution in [0, 0.1) is 0 Å². The number of hydrogen-bond acceptors (Lipinski definition) is 3. The van der Waals surface area contributed by atoms with Gasteiger partial charge < -0.3 is 19.6 Å². The first-order valence-corrected chi connectivity index (χ1v) is 5.93. The van der Waals surface area contributed by atoms with Gasteiger partial charge in [0.2, 0.25) is 0 Å². The van der Waals surface area contributed by atoms with Crippen LogP contribution in [0.1, 0.15) is 13.8 Å². The third-order valence-corrected chi connectivity index (χ3v) is 2.17. The van der Waals surface area contributed by atoms with E-state index in [1.54, 1.807) is 13.8 Å². The van der Waals surface area contributed by atoms with Crippen LogP contribution in [-0.2, 0) is 9.53 Å². The molecule has 0 atom stereocenters. The fourth-order valence-electron chi connectivity index (χ4n) is 1.33. The summed E-state index contributed by atoms with van der Waals surface area (Å²) in [5.41, 5.74) is 0. The van der Waals surface area contributed by atoms with E-state index in [2.05, 4.69) is 0 Å². The molecule has 0 radical (unpaired) electrons. The first kappa shape index (κ1) is 18.5. The molecule has 0 aliphatic rings. The molecule has 20 heavy (non-hydrogen) atoms. The summed E-state index contributed by atoms with van der Waals surface area (Å²) in [5.74, 6) is -1.51. The molecule has 0 bridgehead atoms. The molecule has 9 heteroatoms. The quantitative estimate of drug-likeness (QED) is 0.772. The Morgan fingerprint density at radius 2 is 1.85 bits per heavy atom. The maximum Gasteiger partial charge on any atom is 0.406 e. The molecular formula is C11H19F3N2O4. The van der Waals surface area contributed by atoms with Gasteiger partial charge >= 0.3 is 18.2 Å². The van der Waals surface area contributed by atoms with E-state index < -0.39 is 31.3 Å². The largest absolute Gasteiger partial charge is 0.480 e. The third-order valence-electron chi connectivity index (χ3n) is 2.17. The Balaban J connectivity index is 4.55. The standard InChI is InChI=1S/C11H19F3N2O4/c1-8(2)20-5-4-15(3)10(19)16(6-9(17)18)7-11(12,13)14/h8H,4-7H2,1-3H3,(H,17,18). The summed E-state index contributed by atoms with van der Waals surface area (Å²) in [4.78, 5) is 23.5. The molecule has 0 spiro atoms. The van der Waals surface area contributed by atoms with E-state index in [9.17, 15) is 22.8 Å². The SMILES string of the molecule is CC(C)OCCN(C)C(=O)N(CC(=O)O)CC(F)(F)F. The van der Waals surface area contributed by atoms with Crippen LogP contribution in [0.5, 0.6) is 0 Å². The minimum absolute atomic E-state index is 0.0659. The Morgan fingerprint density at radius 3 is 2.25 bits per heavy atom. The van der Waals surface area contributed by atoms with Crippen LogP contribution in [0.3, 0.4) is 0 Å². The van der Waals surface area contributed by atoms with Gasteiger partial charge in [-0.1, -0.05) is 0 Å². The van der Waals surface area contributed by atoms with Gasteiger partial charge in [-0.05, 0) is 13.8 Å². The van der Waals surface area contributed by atoms with Gasteiger partial charge in [-0.15, -0.1) is 0 Å². The zero-order valence-corrected chi connectivity index (χ0v) is 11.6. The number of nitrogens with zero attached hydrogens (tertiary/aromatic N) is 2. The number of aliphatic carboxylic acids is 1. The van der Waals surface area contributed by atoms with Gasteiger partial charge in [-0.3, -0.25) is 4.79 Å². The van der Waals surface area contributed by atoms with Crippen molar-refractivity contribution in [2.24, 2.45) is 0 Å². The number of carbonyl (C=O) groups excluding carboxylic acids is 1. The molecule has 0 fully saturated rings. The molecule has 0 aromatic heterocycles. The molecule has 0 aliphatic carbocycles. The summed E-state index contributed by atoms with van der Waals surface area (Å²) in [5, 5.41) is 8.56. The van der Waals surface area contributed by atoms with E-state index in [1.165, 1.54) is 7.05 Å². The summed E-state index contributed by atoms with van der Waals surface area (Å²) in [7, 11) is 1.29. The highest BCUT2D eigenvalue weighted by Crippen LogP contribution is 2.17. The molecule has 0 saturated heterocycles. The minimum Gasteiger partial charge on any atom is -0.480 e. The van der Waals surface area contributed by atoms with E-state index in [0.29, 0.717) is 0 Å². The number of carboxylic acid groups (broad SMARTS) is 1. The van der Waals surface area contributed by atoms with Crippen molar-refractivity contribution in [3.8, 4) is 0 Å². The fourth-order valence-corrected chi connectivity index (χ4v) is 1.33. The molecule has 0 aliphatic heterocycles. The summed E-state index contributed by atoms with van der Waals surface area (Å²) >= 11 is 0. The number of carboxylic acids is 1. The van der Waals surface area contributed by atoms with Crippen LogP contribution >= 0.6 is 0 Å². The number of halogens is 3. The Bertz CT molecular complexity index is 334. The van der Waals surface area contributed by atoms with Crippen molar-refractivity contribution in [3.05, 3.63) is 0 Å². The Kier molecular flexibility index (Phi) is 7.33. The lowest BCUT2D eigenvalue weighted by molar-refractivity contribution is -0.149. The predicted molar refractivity (Wildman–Crippen MR) is 64.4 cm³/mol. The maximum absolute atomic E-state index is 12.3. The third kappa shape index (κ3) is 8.57. The second kappa shape index (κ2) is 7.93. The number of likely N-dealkylation sites (N-methyl/N-ethyl adjacent to an activating group) is 1. The van der Waals surface area contributed by atoms with Gasteiger partial charge in [-0.2, -0.15) is 13.2 Å². The molecule has 0 saturated carbocycles. The molecule has 0 rings (SSSR count). The average molecular weight is 300 g/mol. The number of urea groups is 1. The lowest BCUT2D eigenvalue weighted by Gasteiger charge is -2.27. The van der Waals surface area contributed by atoms with Crippen molar-refractivity contribution in [3.63, 3.8) is 0 Å². The molecule has 0 unspecified atom stereocenters. The Labute approximate surface area is 115 Å². The predicted octanol–water partition coefficient (Wildman–Crippen LogP) is 1.41. The van der Waals surface area contributed by atoms with E-state index in [-0.39, 0.29) is 24.2 Å². The van der Waals surface area contributed by atoms with Gasteiger partial charge in [0.1, 0.15) is 13.1 Å². The maximum atomic E-state index is 12.3. The summed E-state index contributed by atoms with van der Waals surface area (Å²) in [6.45, 7) is 1.18. The number of hydrogen-bond donors (Lipinski definition) is 1. The van der Waals surface area contributed by atoms with E-state index in [0.717, 1.165) is 4.90 Å². The van der Waals surface area contributed by atoms with Crippen LogP contribution in [0.15, 0.2) is 0 Å². The van der Waals surface area contributed by atoms with Crippen LogP contribution < -0.4 is 0 Å². The van der Waals surface area contributed by atoms with Gasteiger partial charge in [0.25, 0.3) is 0 Å². The van der Waals surface area contributed by atoms with Crippen molar-refractivity contribution >= 4 is 12.0 Å². The van der Waals surface area contributed by atoms with E-state index in [1.807, 2.05) is 0 Å². The Hall–Kier alpha value is -1.51. The molecule has 0 heterocycles. The van der Waals surface area contributed by atoms with Crippen LogP contribution in [-0.4, -0.2) is 72.5 Å². The molecule has 0 aromatic carbocycles. The number of ether oxygens (including phenoxy) is 1. The number of rotatable bonds is 7. The molecule has 118 valence electrons. The topological polar surface area (TPSA) is 70.1 Å². The highest BCUT2D eigenvalue weighted by molar-refractivity contribution is 5.80. The first-order chi connectivity index (χ1) is 9.03. The van der Waals surface area contributed by atoms with Crippen molar-refractivity contribution < 1.29 is 32.6 Å². The smallest absolute Gasteiger partial charge is 0.406 e. The van der Waals surface area contributed by atoms with Gasteiger partial charge in [-0.25, -0.2) is 4.79 Å². The van der Waals surface area contributed by atoms with E-state index in [4.69, 9.17) is 9.84 Å². The normalized spacial score (nSPS) is 11.6. The average Bonchev–Trinajstić information content (AvgIpc) is 2.23.